The van der Waals surface area contributed by atoms with E-state index in [0.717, 1.165) is 32.4 Å². The van der Waals surface area contributed by atoms with Crippen LogP contribution in [0.4, 0.5) is 0 Å². The summed E-state index contributed by atoms with van der Waals surface area (Å²) in [5, 5.41) is 6.24. The molecule has 0 spiro atoms. The quantitative estimate of drug-likeness (QED) is 0.754. The first-order chi connectivity index (χ1) is 8.69. The SMILES string of the molecule is COC(=O)CCNC(=O)[C@@]12CCCC[C@H]1CNC2.Cl. The van der Waals surface area contributed by atoms with Crippen LogP contribution in [-0.4, -0.2) is 38.6 Å². The molecule has 1 aliphatic carbocycles. The average Bonchev–Trinajstić information content (AvgIpc) is 2.83. The predicted molar refractivity (Wildman–Crippen MR) is 74.2 cm³/mol. The predicted octanol–water partition coefficient (Wildman–Crippen LogP) is 0.867. The van der Waals surface area contributed by atoms with E-state index >= 15 is 0 Å². The van der Waals surface area contributed by atoms with Crippen LogP contribution >= 0.6 is 12.4 Å². The second kappa shape index (κ2) is 7.10. The Hall–Kier alpha value is -0.810. The first kappa shape index (κ1) is 16.2. The van der Waals surface area contributed by atoms with Crippen molar-refractivity contribution in [3.8, 4) is 0 Å². The highest BCUT2D eigenvalue weighted by atomic mass is 35.5. The minimum absolute atomic E-state index is 0. The number of carbonyl (C=O) groups is 2. The number of hydrogen-bond acceptors (Lipinski definition) is 4. The number of carbonyl (C=O) groups excluding carboxylic acids is 2. The lowest BCUT2D eigenvalue weighted by atomic mass is 9.67. The summed E-state index contributed by atoms with van der Waals surface area (Å²) in [5.74, 6) is 0.294. The highest BCUT2D eigenvalue weighted by Crippen LogP contribution is 2.43. The fourth-order valence-electron chi connectivity index (χ4n) is 3.25. The van der Waals surface area contributed by atoms with E-state index in [4.69, 9.17) is 0 Å². The first-order valence-electron chi connectivity index (χ1n) is 6.75. The Morgan fingerprint density at radius 2 is 2.21 bits per heavy atom. The molecule has 110 valence electrons. The van der Waals surface area contributed by atoms with Crippen LogP contribution in [0.3, 0.4) is 0 Å². The van der Waals surface area contributed by atoms with Gasteiger partial charge in [0.05, 0.1) is 18.9 Å². The van der Waals surface area contributed by atoms with Crippen LogP contribution in [0.2, 0.25) is 0 Å². The molecular weight excluding hydrogens is 268 g/mol. The van der Waals surface area contributed by atoms with Crippen molar-refractivity contribution in [3.05, 3.63) is 0 Å². The molecule has 2 rings (SSSR count). The number of halogens is 1. The number of amides is 1. The number of methoxy groups -OCH3 is 1. The van der Waals surface area contributed by atoms with Crippen LogP contribution in [-0.2, 0) is 14.3 Å². The minimum atomic E-state index is -0.280. The lowest BCUT2D eigenvalue weighted by Gasteiger charge is -2.37. The van der Waals surface area contributed by atoms with Gasteiger partial charge in [0.2, 0.25) is 5.91 Å². The molecule has 0 unspecified atom stereocenters. The molecule has 19 heavy (non-hydrogen) atoms. The molecule has 0 aromatic carbocycles. The zero-order valence-electron chi connectivity index (χ0n) is 11.4. The van der Waals surface area contributed by atoms with Crippen molar-refractivity contribution < 1.29 is 14.3 Å². The minimum Gasteiger partial charge on any atom is -0.469 e. The number of fused-ring (bicyclic) bond motifs is 1. The third-order valence-electron chi connectivity index (χ3n) is 4.33. The van der Waals surface area contributed by atoms with Gasteiger partial charge in [-0.15, -0.1) is 12.4 Å². The standard InChI is InChI=1S/C13H22N2O3.ClH/c1-18-11(16)5-7-15-12(17)13-6-3-2-4-10(13)8-14-9-13;/h10,14H,2-9H2,1H3,(H,15,17);1H/t10-,13+;/m0./s1. The molecular formula is C13H23ClN2O3. The molecule has 0 aromatic heterocycles. The van der Waals surface area contributed by atoms with E-state index in [2.05, 4.69) is 15.4 Å². The maximum atomic E-state index is 12.4. The molecule has 0 aromatic rings. The van der Waals surface area contributed by atoms with Crippen molar-refractivity contribution in [3.63, 3.8) is 0 Å². The monoisotopic (exact) mass is 290 g/mol. The maximum Gasteiger partial charge on any atom is 0.307 e. The normalized spacial score (nSPS) is 29.0. The van der Waals surface area contributed by atoms with Crippen molar-refractivity contribution in [1.29, 1.82) is 0 Å². The Kier molecular flexibility index (Phi) is 6.07. The lowest BCUT2D eigenvalue weighted by Crippen LogP contribution is -2.48. The Bertz CT molecular complexity index is 338. The van der Waals surface area contributed by atoms with Gasteiger partial charge in [-0.25, -0.2) is 0 Å². The largest absolute Gasteiger partial charge is 0.469 e. The highest BCUT2D eigenvalue weighted by molar-refractivity contribution is 5.85. The van der Waals surface area contributed by atoms with Gasteiger partial charge >= 0.3 is 5.97 Å². The number of hydrogen-bond donors (Lipinski definition) is 2. The number of nitrogens with one attached hydrogen (secondary N) is 2. The summed E-state index contributed by atoms with van der Waals surface area (Å²) in [6.07, 6.45) is 4.70. The van der Waals surface area contributed by atoms with Crippen LogP contribution in [0.25, 0.3) is 0 Å². The second-order valence-electron chi connectivity index (χ2n) is 5.31. The van der Waals surface area contributed by atoms with Crippen LogP contribution in [0.15, 0.2) is 0 Å². The molecule has 0 bridgehead atoms. The summed E-state index contributed by atoms with van der Waals surface area (Å²) in [7, 11) is 1.36. The number of esters is 1. The molecule has 1 heterocycles. The molecule has 2 fully saturated rings. The van der Waals surface area contributed by atoms with Crippen LogP contribution in [0.1, 0.15) is 32.1 Å². The van der Waals surface area contributed by atoms with Gasteiger partial charge in [-0.3, -0.25) is 9.59 Å². The third-order valence-corrected chi connectivity index (χ3v) is 4.33. The van der Waals surface area contributed by atoms with E-state index in [-0.39, 0.29) is 36.1 Å². The fourth-order valence-corrected chi connectivity index (χ4v) is 3.25. The summed E-state index contributed by atoms with van der Waals surface area (Å²) in [6, 6.07) is 0. The molecule has 1 aliphatic heterocycles. The van der Waals surface area contributed by atoms with Crippen molar-refractivity contribution >= 4 is 24.3 Å². The Labute approximate surface area is 120 Å². The fraction of sp³-hybridized carbons (Fsp3) is 0.846. The van der Waals surface area contributed by atoms with Gasteiger partial charge < -0.3 is 15.4 Å². The second-order valence-corrected chi connectivity index (χ2v) is 5.31. The molecule has 2 aliphatic rings. The summed E-state index contributed by atoms with van der Waals surface area (Å²) in [6.45, 7) is 2.10. The van der Waals surface area contributed by atoms with Crippen LogP contribution in [0, 0.1) is 11.3 Å². The van der Waals surface area contributed by atoms with Crippen molar-refractivity contribution in [2.75, 3.05) is 26.7 Å². The van der Waals surface area contributed by atoms with Gasteiger partial charge in [0.1, 0.15) is 0 Å². The highest BCUT2D eigenvalue weighted by Gasteiger charge is 2.49. The van der Waals surface area contributed by atoms with E-state index in [9.17, 15) is 9.59 Å². The van der Waals surface area contributed by atoms with E-state index in [1.807, 2.05) is 0 Å². The smallest absolute Gasteiger partial charge is 0.307 e. The van der Waals surface area contributed by atoms with E-state index < -0.39 is 0 Å². The van der Waals surface area contributed by atoms with E-state index in [1.54, 1.807) is 0 Å². The summed E-state index contributed by atoms with van der Waals surface area (Å²) >= 11 is 0. The van der Waals surface area contributed by atoms with E-state index in [0.29, 0.717) is 12.5 Å². The summed E-state index contributed by atoms with van der Waals surface area (Å²) in [5.41, 5.74) is -0.228. The first-order valence-corrected chi connectivity index (χ1v) is 6.75. The van der Waals surface area contributed by atoms with Gasteiger partial charge in [0.25, 0.3) is 0 Å². The van der Waals surface area contributed by atoms with Gasteiger partial charge in [0.15, 0.2) is 0 Å². The molecule has 6 heteroatoms. The molecule has 5 nitrogen and oxygen atoms in total. The van der Waals surface area contributed by atoms with Crippen LogP contribution in [0.5, 0.6) is 0 Å². The molecule has 2 N–H and O–H groups in total. The average molecular weight is 291 g/mol. The van der Waals surface area contributed by atoms with Crippen molar-refractivity contribution in [1.82, 2.24) is 10.6 Å². The Balaban J connectivity index is 0.00000180. The van der Waals surface area contributed by atoms with Crippen LogP contribution < -0.4 is 10.6 Å². The molecule has 1 saturated heterocycles. The Morgan fingerprint density at radius 3 is 2.95 bits per heavy atom. The molecule has 1 amide bonds. The number of rotatable bonds is 4. The zero-order valence-corrected chi connectivity index (χ0v) is 12.2. The zero-order chi connectivity index (χ0) is 13.0. The van der Waals surface area contributed by atoms with Crippen molar-refractivity contribution in [2.45, 2.75) is 32.1 Å². The van der Waals surface area contributed by atoms with Gasteiger partial charge in [0, 0.05) is 13.1 Å². The van der Waals surface area contributed by atoms with Gasteiger partial charge in [-0.2, -0.15) is 0 Å². The van der Waals surface area contributed by atoms with Gasteiger partial charge in [-0.1, -0.05) is 12.8 Å². The summed E-state index contributed by atoms with van der Waals surface area (Å²) in [4.78, 5) is 23.4. The van der Waals surface area contributed by atoms with Gasteiger partial charge in [-0.05, 0) is 25.3 Å². The van der Waals surface area contributed by atoms with E-state index in [1.165, 1.54) is 13.5 Å². The Morgan fingerprint density at radius 1 is 1.42 bits per heavy atom. The number of ether oxygens (including phenoxy) is 1. The molecule has 2 atom stereocenters. The molecule has 1 saturated carbocycles. The topological polar surface area (TPSA) is 67.4 Å². The van der Waals surface area contributed by atoms with Crippen molar-refractivity contribution in [2.24, 2.45) is 11.3 Å². The molecule has 0 radical (unpaired) electrons. The lowest BCUT2D eigenvalue weighted by molar-refractivity contribution is -0.140. The summed E-state index contributed by atoms with van der Waals surface area (Å²) < 4.78 is 4.56. The maximum absolute atomic E-state index is 12.4. The third kappa shape index (κ3) is 3.39.